The van der Waals surface area contributed by atoms with E-state index in [1.54, 1.807) is 18.2 Å². The minimum atomic E-state index is -0.331. The molecule has 2 aromatic carbocycles. The van der Waals surface area contributed by atoms with Crippen LogP contribution in [0.3, 0.4) is 0 Å². The van der Waals surface area contributed by atoms with E-state index in [1.807, 2.05) is 31.2 Å². The van der Waals surface area contributed by atoms with E-state index in [2.05, 4.69) is 16.7 Å². The maximum absolute atomic E-state index is 12.3. The van der Waals surface area contributed by atoms with E-state index in [4.69, 9.17) is 23.2 Å². The van der Waals surface area contributed by atoms with Crippen molar-refractivity contribution in [1.29, 1.82) is 5.26 Å². The lowest BCUT2D eigenvalue weighted by molar-refractivity contribution is -0.121. The second kappa shape index (κ2) is 9.36. The van der Waals surface area contributed by atoms with E-state index < -0.39 is 0 Å². The van der Waals surface area contributed by atoms with Crippen LogP contribution in [0.15, 0.2) is 53.1 Å². The summed E-state index contributed by atoms with van der Waals surface area (Å²) in [5, 5.41) is 16.1. The number of nitrogens with one attached hydrogen (secondary N) is 2. The van der Waals surface area contributed by atoms with Crippen LogP contribution in [0.5, 0.6) is 0 Å². The van der Waals surface area contributed by atoms with Gasteiger partial charge in [0.1, 0.15) is 0 Å². The fourth-order valence-electron chi connectivity index (χ4n) is 2.94. The summed E-state index contributed by atoms with van der Waals surface area (Å²) in [6.45, 7) is 1.98. The molecule has 0 fully saturated rings. The largest absolute Gasteiger partial charge is 0.324 e. The molecular formula is C21H17Cl2N3O2S. The summed E-state index contributed by atoms with van der Waals surface area (Å²) in [5.41, 5.74) is 2.86. The Hall–Kier alpha value is -2.46. The van der Waals surface area contributed by atoms with Crippen LogP contribution in [0.1, 0.15) is 23.5 Å². The Kier molecular flexibility index (Phi) is 6.86. The molecule has 1 atom stereocenters. The maximum Gasteiger partial charge on any atom is 0.234 e. The Morgan fingerprint density at radius 1 is 1.28 bits per heavy atom. The first kappa shape index (κ1) is 21.3. The molecule has 1 aliphatic rings. The molecule has 5 nitrogen and oxygen atoms in total. The van der Waals surface area contributed by atoms with Crippen molar-refractivity contribution in [2.45, 2.75) is 19.3 Å². The molecule has 2 N–H and O–H groups in total. The van der Waals surface area contributed by atoms with Crippen LogP contribution in [-0.2, 0) is 9.59 Å². The number of carbonyl (C=O) groups excluding carboxylic acids is 2. The van der Waals surface area contributed by atoms with Crippen LogP contribution in [-0.4, -0.2) is 17.6 Å². The van der Waals surface area contributed by atoms with Crippen molar-refractivity contribution in [2.24, 2.45) is 0 Å². The van der Waals surface area contributed by atoms with Crippen LogP contribution in [0.2, 0.25) is 10.0 Å². The molecule has 0 saturated carbocycles. The topological polar surface area (TPSA) is 82.0 Å². The number of aryl methyl sites for hydroxylation is 1. The average Bonchev–Trinajstić information content (AvgIpc) is 2.70. The van der Waals surface area contributed by atoms with Crippen molar-refractivity contribution >= 4 is 52.5 Å². The van der Waals surface area contributed by atoms with E-state index in [9.17, 15) is 14.9 Å². The second-order valence-corrected chi connectivity index (χ2v) is 8.28. The van der Waals surface area contributed by atoms with Gasteiger partial charge in [-0.15, -0.1) is 0 Å². The molecule has 0 bridgehead atoms. The van der Waals surface area contributed by atoms with Gasteiger partial charge in [0.2, 0.25) is 11.8 Å². The molecule has 1 aliphatic heterocycles. The van der Waals surface area contributed by atoms with E-state index in [0.29, 0.717) is 21.3 Å². The molecule has 0 aliphatic carbocycles. The van der Waals surface area contributed by atoms with Gasteiger partial charge in [-0.05, 0) is 24.6 Å². The summed E-state index contributed by atoms with van der Waals surface area (Å²) in [7, 11) is 0. The van der Waals surface area contributed by atoms with Crippen LogP contribution in [0.25, 0.3) is 0 Å². The van der Waals surface area contributed by atoms with Crippen molar-refractivity contribution < 1.29 is 9.59 Å². The number of rotatable bonds is 5. The zero-order chi connectivity index (χ0) is 21.0. The molecule has 0 spiro atoms. The highest BCUT2D eigenvalue weighted by Crippen LogP contribution is 2.36. The van der Waals surface area contributed by atoms with Crippen molar-refractivity contribution in [3.63, 3.8) is 0 Å². The number of carbonyl (C=O) groups is 2. The summed E-state index contributed by atoms with van der Waals surface area (Å²) < 4.78 is 0. The number of nitriles is 1. The van der Waals surface area contributed by atoms with Crippen LogP contribution in [0, 0.1) is 18.3 Å². The molecule has 0 radical (unpaired) electrons. The first-order chi connectivity index (χ1) is 13.9. The number of hydrogen-bond acceptors (Lipinski definition) is 4. The molecule has 0 saturated heterocycles. The number of amides is 2. The fraction of sp³-hybridized carbons (Fsp3) is 0.190. The predicted octanol–water partition coefficient (Wildman–Crippen LogP) is 5.01. The SMILES string of the molecule is Cc1ccc([C@H]2CC(=O)NC(SCC(=O)Nc3cccc(Cl)c3Cl)=C2C#N)cc1. The quantitative estimate of drug-likeness (QED) is 0.677. The molecular weight excluding hydrogens is 429 g/mol. The Balaban J connectivity index is 1.76. The number of thioether (sulfide) groups is 1. The van der Waals surface area contributed by atoms with Crippen molar-refractivity contribution in [1.82, 2.24) is 5.32 Å². The highest BCUT2D eigenvalue weighted by atomic mass is 35.5. The van der Waals surface area contributed by atoms with Gasteiger partial charge in [0.15, 0.2) is 0 Å². The zero-order valence-corrected chi connectivity index (χ0v) is 17.8. The van der Waals surface area contributed by atoms with Crippen LogP contribution < -0.4 is 10.6 Å². The lowest BCUT2D eigenvalue weighted by Crippen LogP contribution is -2.31. The number of halogens is 2. The average molecular weight is 446 g/mol. The van der Waals surface area contributed by atoms with Crippen molar-refractivity contribution in [3.05, 3.63) is 74.2 Å². The van der Waals surface area contributed by atoms with Gasteiger partial charge in [-0.2, -0.15) is 5.26 Å². The van der Waals surface area contributed by atoms with E-state index in [0.717, 1.165) is 22.9 Å². The van der Waals surface area contributed by atoms with Gasteiger partial charge in [0.25, 0.3) is 0 Å². The molecule has 29 heavy (non-hydrogen) atoms. The maximum atomic E-state index is 12.3. The zero-order valence-electron chi connectivity index (χ0n) is 15.5. The Morgan fingerprint density at radius 2 is 2.00 bits per heavy atom. The Labute approximate surface area is 183 Å². The van der Waals surface area contributed by atoms with E-state index in [-0.39, 0.29) is 34.9 Å². The molecule has 8 heteroatoms. The highest BCUT2D eigenvalue weighted by molar-refractivity contribution is 8.03. The standard InChI is InChI=1S/C21H17Cl2N3O2S/c1-12-5-7-13(8-6-12)14-9-18(27)26-21(15(14)10-24)29-11-19(28)25-17-4-2-3-16(22)20(17)23/h2-8,14H,9,11H2,1H3,(H,25,28)(H,26,27)/t14-/m1/s1. The van der Waals surface area contributed by atoms with E-state index >= 15 is 0 Å². The number of nitrogens with zero attached hydrogens (tertiary/aromatic N) is 1. The van der Waals surface area contributed by atoms with Crippen molar-refractivity contribution in [2.75, 3.05) is 11.1 Å². The molecule has 0 aromatic heterocycles. The number of allylic oxidation sites excluding steroid dienone is 1. The molecule has 0 unspecified atom stereocenters. The molecule has 148 valence electrons. The van der Waals surface area contributed by atoms with Gasteiger partial charge < -0.3 is 10.6 Å². The van der Waals surface area contributed by atoms with Crippen molar-refractivity contribution in [3.8, 4) is 6.07 Å². The molecule has 3 rings (SSSR count). The summed E-state index contributed by atoms with van der Waals surface area (Å²) in [6, 6.07) is 14.9. The van der Waals surface area contributed by atoms with Crippen LogP contribution in [0.4, 0.5) is 5.69 Å². The summed E-state index contributed by atoms with van der Waals surface area (Å²) in [4.78, 5) is 24.5. The third kappa shape index (κ3) is 5.13. The Morgan fingerprint density at radius 3 is 2.69 bits per heavy atom. The second-order valence-electron chi connectivity index (χ2n) is 6.51. The highest BCUT2D eigenvalue weighted by Gasteiger charge is 2.29. The monoisotopic (exact) mass is 445 g/mol. The summed E-state index contributed by atoms with van der Waals surface area (Å²) in [6.07, 6.45) is 0.195. The third-order valence-corrected chi connectivity index (χ3v) is 6.25. The van der Waals surface area contributed by atoms with Gasteiger partial charge in [0, 0.05) is 12.3 Å². The smallest absolute Gasteiger partial charge is 0.234 e. The lowest BCUT2D eigenvalue weighted by Gasteiger charge is -2.25. The summed E-state index contributed by atoms with van der Waals surface area (Å²) in [5.74, 6) is -0.835. The van der Waals surface area contributed by atoms with Gasteiger partial charge >= 0.3 is 0 Å². The molecule has 2 amide bonds. The van der Waals surface area contributed by atoms with Crippen LogP contribution >= 0.6 is 35.0 Å². The Bertz CT molecular complexity index is 1030. The first-order valence-corrected chi connectivity index (χ1v) is 10.5. The third-order valence-electron chi connectivity index (χ3n) is 4.41. The van der Waals surface area contributed by atoms with Gasteiger partial charge in [-0.3, -0.25) is 9.59 Å². The number of benzene rings is 2. The van der Waals surface area contributed by atoms with Gasteiger partial charge in [0.05, 0.1) is 38.2 Å². The first-order valence-electron chi connectivity index (χ1n) is 8.76. The lowest BCUT2D eigenvalue weighted by atomic mass is 9.87. The minimum Gasteiger partial charge on any atom is -0.324 e. The normalized spacial score (nSPS) is 16.2. The minimum absolute atomic E-state index is 0.00422. The fourth-order valence-corrected chi connectivity index (χ4v) is 4.17. The predicted molar refractivity (Wildman–Crippen MR) is 117 cm³/mol. The summed E-state index contributed by atoms with van der Waals surface area (Å²) >= 11 is 13.2. The number of anilines is 1. The van der Waals surface area contributed by atoms with Gasteiger partial charge in [-0.1, -0.05) is 70.9 Å². The van der Waals surface area contributed by atoms with Gasteiger partial charge in [-0.25, -0.2) is 0 Å². The molecule has 2 aromatic rings. The molecule has 1 heterocycles. The number of hydrogen-bond donors (Lipinski definition) is 2. The van der Waals surface area contributed by atoms with E-state index in [1.165, 1.54) is 0 Å².